The Bertz CT molecular complexity index is 2940. The second-order valence-electron chi connectivity index (χ2n) is 26.8. The Morgan fingerprint density at radius 3 is 1.70 bits per heavy atom. The van der Waals surface area contributed by atoms with Crippen LogP contribution in [0.2, 0.25) is 0 Å². The first-order valence-corrected chi connectivity index (χ1v) is 26.3. The molecule has 1 aromatic heterocycles. The molecule has 0 bridgehead atoms. The Morgan fingerprint density at radius 1 is 0.537 bits per heavy atom. The van der Waals surface area contributed by atoms with Gasteiger partial charge in [0.05, 0.1) is 5.69 Å². The molecule has 0 saturated carbocycles. The highest BCUT2D eigenvalue weighted by Gasteiger charge is 2.52. The van der Waals surface area contributed by atoms with E-state index in [2.05, 4.69) is 236 Å². The number of rotatable bonds is 4. The normalized spacial score (nSPS) is 18.7. The fraction of sp³-hybridized carbons (Fsp3) is 0.460. The van der Waals surface area contributed by atoms with Crippen LogP contribution in [0.25, 0.3) is 11.1 Å². The summed E-state index contributed by atoms with van der Waals surface area (Å²) in [7, 11) is 0. The van der Waals surface area contributed by atoms with Gasteiger partial charge < -0.3 is 9.80 Å². The van der Waals surface area contributed by atoms with Crippen LogP contribution in [0, 0.1) is 0 Å². The molecule has 0 saturated heterocycles. The molecule has 6 aromatic rings. The van der Waals surface area contributed by atoms with E-state index in [1.807, 2.05) is 0 Å². The van der Waals surface area contributed by atoms with Gasteiger partial charge in [-0.1, -0.05) is 184 Å². The molecule has 2 aliphatic carbocycles. The van der Waals surface area contributed by atoms with Crippen LogP contribution < -0.4 is 25.5 Å². The third kappa shape index (κ3) is 7.48. The zero-order valence-corrected chi connectivity index (χ0v) is 45.0. The van der Waals surface area contributed by atoms with E-state index in [0.29, 0.717) is 0 Å². The molecule has 4 aliphatic rings. The molecule has 0 fully saturated rings. The van der Waals surface area contributed by atoms with Gasteiger partial charge >= 0.3 is 0 Å². The van der Waals surface area contributed by atoms with Crippen molar-refractivity contribution in [1.82, 2.24) is 0 Å². The van der Waals surface area contributed by atoms with Crippen molar-refractivity contribution < 1.29 is 0 Å². The summed E-state index contributed by atoms with van der Waals surface area (Å²) < 4.78 is 1.54. The van der Waals surface area contributed by atoms with Gasteiger partial charge in [0, 0.05) is 38.9 Å². The lowest BCUT2D eigenvalue weighted by molar-refractivity contribution is 0.332. The standard InChI is InChI=1S/C63H77BN2S/c1-57(2,3)41-25-27-44(28-26-41)66-49-37-47-46(60(10,11)29-30-61(47,12)13)36-48(49)64-53-50(34-43(35-51(53)66)59(7,8)9)65(54-52-55(67-56(54)64)63(16,17)32-31-62(52,14)15)38-40-23-24-42(58(4,5)6)33-45(40)39-21-19-18-20-22-39/h18-28,33-37H,29-32,38H2,1-17H3. The van der Waals surface area contributed by atoms with E-state index in [4.69, 9.17) is 0 Å². The highest BCUT2D eigenvalue weighted by Crippen LogP contribution is 2.56. The average molecular weight is 905 g/mol. The third-order valence-corrected chi connectivity index (χ3v) is 18.5. The highest BCUT2D eigenvalue weighted by atomic mass is 32.1. The van der Waals surface area contributed by atoms with Crippen molar-refractivity contribution >= 4 is 62.2 Å². The minimum Gasteiger partial charge on any atom is -0.337 e. The molecule has 0 unspecified atom stereocenters. The molecule has 2 aliphatic heterocycles. The van der Waals surface area contributed by atoms with Crippen LogP contribution in [0.3, 0.4) is 0 Å². The molecule has 4 heteroatoms. The number of nitrogens with zero attached hydrogens (tertiary/aromatic N) is 2. The Balaban J connectivity index is 1.34. The van der Waals surface area contributed by atoms with Gasteiger partial charge in [0.1, 0.15) is 0 Å². The Hall–Kier alpha value is -4.54. The molecule has 2 nitrogen and oxygen atoms in total. The van der Waals surface area contributed by atoms with Gasteiger partial charge in [-0.25, -0.2) is 0 Å². The lowest BCUT2D eigenvalue weighted by Crippen LogP contribution is -2.61. The average Bonchev–Trinajstić information content (AvgIpc) is 3.68. The molecular formula is C63H77BN2S. The van der Waals surface area contributed by atoms with Crippen molar-refractivity contribution in [2.45, 2.75) is 188 Å². The summed E-state index contributed by atoms with van der Waals surface area (Å²) >= 11 is 2.16. The fourth-order valence-electron chi connectivity index (χ4n) is 12.1. The zero-order valence-electron chi connectivity index (χ0n) is 44.2. The maximum Gasteiger partial charge on any atom is 0.264 e. The van der Waals surface area contributed by atoms with E-state index in [1.165, 1.54) is 109 Å². The van der Waals surface area contributed by atoms with Gasteiger partial charge in [-0.15, -0.1) is 0 Å². The molecule has 0 radical (unpaired) electrons. The van der Waals surface area contributed by atoms with E-state index in [0.717, 1.165) is 6.54 Å². The Labute approximate surface area is 409 Å². The first-order valence-electron chi connectivity index (χ1n) is 25.5. The topological polar surface area (TPSA) is 6.48 Å². The van der Waals surface area contributed by atoms with Crippen LogP contribution in [0.15, 0.2) is 97.1 Å². The molecule has 0 N–H and O–H groups in total. The summed E-state index contributed by atoms with van der Waals surface area (Å²) in [6.07, 6.45) is 4.75. The number of thiophene rings is 1. The quantitative estimate of drug-likeness (QED) is 0.162. The smallest absolute Gasteiger partial charge is 0.264 e. The van der Waals surface area contributed by atoms with E-state index in [-0.39, 0.29) is 44.6 Å². The van der Waals surface area contributed by atoms with Crippen molar-refractivity contribution in [3.05, 3.63) is 141 Å². The lowest BCUT2D eigenvalue weighted by Gasteiger charge is -2.48. The first-order chi connectivity index (χ1) is 31.1. The highest BCUT2D eigenvalue weighted by molar-refractivity contribution is 7.29. The summed E-state index contributed by atoms with van der Waals surface area (Å²) in [6.45, 7) is 42.3. The third-order valence-electron chi connectivity index (χ3n) is 16.9. The molecular weight excluding hydrogens is 828 g/mol. The predicted octanol–water partition coefficient (Wildman–Crippen LogP) is 16.0. The van der Waals surface area contributed by atoms with Crippen LogP contribution in [0.1, 0.15) is 187 Å². The SMILES string of the molecule is CC(C)(C)c1ccc(N2c3cc4c(cc3B3c5sc6c(c5N(Cc5ccc(C(C)(C)C)cc5-c5ccccc5)c5cc(C(C)(C)C)cc2c53)C(C)(C)CCC6(C)C)C(C)(C)CCC4(C)C)cc1. The molecule has 0 atom stereocenters. The summed E-state index contributed by atoms with van der Waals surface area (Å²) in [4.78, 5) is 7.13. The molecule has 67 heavy (non-hydrogen) atoms. The molecule has 0 amide bonds. The van der Waals surface area contributed by atoms with Crippen molar-refractivity contribution in [2.75, 3.05) is 9.80 Å². The minimum absolute atomic E-state index is 0.0215. The number of anilines is 5. The maximum absolute atomic E-state index is 2.84. The summed E-state index contributed by atoms with van der Waals surface area (Å²) in [6, 6.07) is 38.8. The summed E-state index contributed by atoms with van der Waals surface area (Å²) in [5.41, 5.74) is 22.7. The number of benzene rings is 5. The maximum atomic E-state index is 2.84. The van der Waals surface area contributed by atoms with Crippen LogP contribution in [0.5, 0.6) is 0 Å². The van der Waals surface area contributed by atoms with Crippen molar-refractivity contribution in [3.63, 3.8) is 0 Å². The molecule has 3 heterocycles. The largest absolute Gasteiger partial charge is 0.337 e. The van der Waals surface area contributed by atoms with Crippen LogP contribution in [-0.2, 0) is 44.4 Å². The van der Waals surface area contributed by atoms with Crippen molar-refractivity contribution in [1.29, 1.82) is 0 Å². The second kappa shape index (κ2) is 15.0. The van der Waals surface area contributed by atoms with Gasteiger partial charge in [0.15, 0.2) is 0 Å². The van der Waals surface area contributed by atoms with Crippen molar-refractivity contribution in [3.8, 4) is 11.1 Å². The molecule has 348 valence electrons. The van der Waals surface area contributed by atoms with Crippen LogP contribution in [-0.4, -0.2) is 6.71 Å². The van der Waals surface area contributed by atoms with E-state index in [9.17, 15) is 0 Å². The van der Waals surface area contributed by atoms with E-state index < -0.39 is 0 Å². The van der Waals surface area contributed by atoms with Crippen LogP contribution in [0.4, 0.5) is 28.4 Å². The Morgan fingerprint density at radius 2 is 1.09 bits per heavy atom. The molecule has 10 rings (SSSR count). The van der Waals surface area contributed by atoms with Crippen molar-refractivity contribution in [2.24, 2.45) is 0 Å². The van der Waals surface area contributed by atoms with E-state index >= 15 is 0 Å². The molecule has 5 aromatic carbocycles. The summed E-state index contributed by atoms with van der Waals surface area (Å²) in [5.74, 6) is 0. The van der Waals surface area contributed by atoms with Gasteiger partial charge in [0.2, 0.25) is 0 Å². The monoisotopic (exact) mass is 905 g/mol. The van der Waals surface area contributed by atoms with Gasteiger partial charge in [-0.3, -0.25) is 0 Å². The predicted molar refractivity (Wildman–Crippen MR) is 294 cm³/mol. The Kier molecular flexibility index (Phi) is 10.3. The van der Waals surface area contributed by atoms with Gasteiger partial charge in [0.25, 0.3) is 6.71 Å². The summed E-state index contributed by atoms with van der Waals surface area (Å²) in [5, 5.41) is 0. The second-order valence-corrected chi connectivity index (χ2v) is 27.9. The minimum atomic E-state index is -0.0875. The first kappa shape index (κ1) is 46.2. The fourth-order valence-corrected chi connectivity index (χ4v) is 13.9. The number of fused-ring (bicyclic) bond motifs is 7. The van der Waals surface area contributed by atoms with E-state index in [1.54, 1.807) is 16.0 Å². The number of hydrogen-bond donors (Lipinski definition) is 0. The zero-order chi connectivity index (χ0) is 48.2. The molecule has 0 spiro atoms. The van der Waals surface area contributed by atoms with Gasteiger partial charge in [-0.05, 0) is 155 Å². The lowest BCUT2D eigenvalue weighted by atomic mass is 9.35. The van der Waals surface area contributed by atoms with Crippen LogP contribution >= 0.6 is 11.3 Å². The van der Waals surface area contributed by atoms with Gasteiger partial charge in [-0.2, -0.15) is 11.3 Å². The number of hydrogen-bond acceptors (Lipinski definition) is 3.